The molecule has 0 saturated carbocycles. The zero-order valence-corrected chi connectivity index (χ0v) is 12.5. The van der Waals surface area contributed by atoms with Crippen LogP contribution in [0.1, 0.15) is 47.0 Å². The van der Waals surface area contributed by atoms with E-state index >= 15 is 0 Å². The van der Waals surface area contributed by atoms with Crippen LogP contribution in [-0.2, 0) is 9.53 Å². The first kappa shape index (κ1) is 15.5. The van der Waals surface area contributed by atoms with E-state index in [0.717, 1.165) is 12.0 Å². The van der Waals surface area contributed by atoms with Crippen molar-refractivity contribution in [3.8, 4) is 0 Å². The minimum atomic E-state index is -0.669. The SMILES string of the molecule is C=CCC(C)(C=C=C(C)C1=C(C)CC1)C(=O)OCC. The van der Waals surface area contributed by atoms with Gasteiger partial charge in [0.15, 0.2) is 0 Å². The highest BCUT2D eigenvalue weighted by atomic mass is 16.5. The van der Waals surface area contributed by atoms with Crippen LogP contribution in [0.5, 0.6) is 0 Å². The lowest BCUT2D eigenvalue weighted by Crippen LogP contribution is -2.27. The van der Waals surface area contributed by atoms with Gasteiger partial charge in [-0.05, 0) is 64.2 Å². The fraction of sp³-hybridized carbons (Fsp3) is 0.529. The van der Waals surface area contributed by atoms with E-state index in [1.54, 1.807) is 6.08 Å². The fourth-order valence-electron chi connectivity index (χ4n) is 2.16. The van der Waals surface area contributed by atoms with Gasteiger partial charge >= 0.3 is 5.97 Å². The maximum atomic E-state index is 12.0. The Hall–Kier alpha value is -1.53. The molecule has 0 saturated heterocycles. The molecule has 0 aromatic carbocycles. The van der Waals surface area contributed by atoms with Crippen LogP contribution in [-0.4, -0.2) is 12.6 Å². The van der Waals surface area contributed by atoms with Gasteiger partial charge in [0.25, 0.3) is 0 Å². The van der Waals surface area contributed by atoms with Gasteiger partial charge in [-0.15, -0.1) is 12.3 Å². The summed E-state index contributed by atoms with van der Waals surface area (Å²) in [5.74, 6) is -0.213. The summed E-state index contributed by atoms with van der Waals surface area (Å²) in [6, 6.07) is 0. The third-order valence-corrected chi connectivity index (χ3v) is 3.64. The fourth-order valence-corrected chi connectivity index (χ4v) is 2.16. The molecule has 0 aliphatic heterocycles. The average Bonchev–Trinajstić information content (AvgIpc) is 2.35. The first-order valence-electron chi connectivity index (χ1n) is 6.86. The molecule has 1 unspecified atom stereocenters. The van der Waals surface area contributed by atoms with E-state index in [4.69, 9.17) is 4.74 Å². The van der Waals surface area contributed by atoms with E-state index in [2.05, 4.69) is 19.2 Å². The molecule has 0 N–H and O–H groups in total. The second kappa shape index (κ2) is 6.58. The molecule has 0 aromatic rings. The first-order chi connectivity index (χ1) is 8.94. The van der Waals surface area contributed by atoms with E-state index in [1.807, 2.05) is 26.8 Å². The Kier molecular flexibility index (Phi) is 5.38. The molecule has 19 heavy (non-hydrogen) atoms. The van der Waals surface area contributed by atoms with Crippen LogP contribution in [0, 0.1) is 5.41 Å². The Labute approximate surface area is 116 Å². The summed E-state index contributed by atoms with van der Waals surface area (Å²) in [4.78, 5) is 12.0. The first-order valence-corrected chi connectivity index (χ1v) is 6.86. The summed E-state index contributed by atoms with van der Waals surface area (Å²) < 4.78 is 5.13. The van der Waals surface area contributed by atoms with Gasteiger partial charge in [0.05, 0.1) is 12.0 Å². The molecular formula is C17H24O2. The third kappa shape index (κ3) is 3.71. The molecule has 0 heterocycles. The molecular weight excluding hydrogens is 236 g/mol. The molecule has 2 nitrogen and oxygen atoms in total. The number of carbonyl (C=O) groups is 1. The Morgan fingerprint density at radius 1 is 1.53 bits per heavy atom. The smallest absolute Gasteiger partial charge is 0.316 e. The predicted octanol–water partition coefficient (Wildman–Crippen LogP) is 4.34. The number of hydrogen-bond acceptors (Lipinski definition) is 2. The third-order valence-electron chi connectivity index (χ3n) is 3.64. The Morgan fingerprint density at radius 2 is 2.21 bits per heavy atom. The van der Waals surface area contributed by atoms with Gasteiger partial charge in [0.2, 0.25) is 0 Å². The van der Waals surface area contributed by atoms with Gasteiger partial charge in [-0.1, -0.05) is 11.6 Å². The summed E-state index contributed by atoms with van der Waals surface area (Å²) in [5.41, 5.74) is 6.53. The van der Waals surface area contributed by atoms with Crippen LogP contribution in [0.2, 0.25) is 0 Å². The van der Waals surface area contributed by atoms with Crippen LogP contribution in [0.25, 0.3) is 0 Å². The summed E-state index contributed by atoms with van der Waals surface area (Å²) in [5, 5.41) is 0. The molecule has 0 spiro atoms. The monoisotopic (exact) mass is 260 g/mol. The van der Waals surface area contributed by atoms with Gasteiger partial charge in [-0.25, -0.2) is 0 Å². The van der Waals surface area contributed by atoms with Crippen LogP contribution in [0.15, 0.2) is 41.2 Å². The van der Waals surface area contributed by atoms with Crippen molar-refractivity contribution in [2.45, 2.75) is 47.0 Å². The van der Waals surface area contributed by atoms with Crippen molar-refractivity contribution in [2.24, 2.45) is 5.41 Å². The Morgan fingerprint density at radius 3 is 2.63 bits per heavy atom. The molecule has 104 valence electrons. The van der Waals surface area contributed by atoms with E-state index < -0.39 is 5.41 Å². The lowest BCUT2D eigenvalue weighted by atomic mass is 9.83. The molecule has 0 aromatic heterocycles. The molecule has 1 atom stereocenters. The standard InChI is InChI=1S/C17H24O2/c1-6-11-17(5,16(18)19-7-2)12-10-14(4)15-9-8-13(15)3/h6,12H,1,7-9,11H2,2-5H3. The van der Waals surface area contributed by atoms with Crippen molar-refractivity contribution < 1.29 is 9.53 Å². The summed E-state index contributed by atoms with van der Waals surface area (Å²) >= 11 is 0. The van der Waals surface area contributed by atoms with Gasteiger partial charge in [0.1, 0.15) is 0 Å². The highest BCUT2D eigenvalue weighted by Crippen LogP contribution is 2.33. The van der Waals surface area contributed by atoms with Crippen molar-refractivity contribution in [3.63, 3.8) is 0 Å². The van der Waals surface area contributed by atoms with E-state index in [1.165, 1.54) is 17.6 Å². The van der Waals surface area contributed by atoms with Crippen molar-refractivity contribution in [2.75, 3.05) is 6.61 Å². The zero-order chi connectivity index (χ0) is 14.5. The van der Waals surface area contributed by atoms with E-state index in [0.29, 0.717) is 13.0 Å². The summed E-state index contributed by atoms with van der Waals surface area (Å²) in [6.07, 6.45) is 6.44. The number of allylic oxidation sites excluding steroid dienone is 3. The van der Waals surface area contributed by atoms with E-state index in [9.17, 15) is 4.79 Å². The minimum absolute atomic E-state index is 0.213. The van der Waals surface area contributed by atoms with E-state index in [-0.39, 0.29) is 5.97 Å². The number of hydrogen-bond donors (Lipinski definition) is 0. The number of esters is 1. The highest BCUT2D eigenvalue weighted by molar-refractivity contribution is 5.78. The Bertz CT molecular complexity index is 462. The Balaban J connectivity index is 3.01. The lowest BCUT2D eigenvalue weighted by Gasteiger charge is -2.22. The molecule has 0 radical (unpaired) electrons. The van der Waals surface area contributed by atoms with Crippen LogP contribution < -0.4 is 0 Å². The lowest BCUT2D eigenvalue weighted by molar-refractivity contribution is -0.151. The highest BCUT2D eigenvalue weighted by Gasteiger charge is 2.30. The van der Waals surface area contributed by atoms with Gasteiger partial charge in [-0.3, -0.25) is 4.79 Å². The second-order valence-electron chi connectivity index (χ2n) is 5.30. The van der Waals surface area contributed by atoms with Crippen molar-refractivity contribution in [3.05, 3.63) is 41.2 Å². The maximum absolute atomic E-state index is 12.0. The van der Waals surface area contributed by atoms with Crippen molar-refractivity contribution in [1.82, 2.24) is 0 Å². The predicted molar refractivity (Wildman–Crippen MR) is 78.8 cm³/mol. The normalized spacial score (nSPS) is 16.8. The summed E-state index contributed by atoms with van der Waals surface area (Å²) in [7, 11) is 0. The average molecular weight is 260 g/mol. The molecule has 0 amide bonds. The quantitative estimate of drug-likeness (QED) is 0.403. The number of carbonyl (C=O) groups excluding carboxylic acids is 1. The van der Waals surface area contributed by atoms with Crippen LogP contribution in [0.3, 0.4) is 0 Å². The zero-order valence-electron chi connectivity index (χ0n) is 12.5. The maximum Gasteiger partial charge on any atom is 0.316 e. The molecule has 0 bridgehead atoms. The van der Waals surface area contributed by atoms with Crippen LogP contribution in [0.4, 0.5) is 0 Å². The van der Waals surface area contributed by atoms with Gasteiger partial charge < -0.3 is 4.74 Å². The largest absolute Gasteiger partial charge is 0.465 e. The molecule has 2 heteroatoms. The molecule has 0 fully saturated rings. The van der Waals surface area contributed by atoms with Crippen LogP contribution >= 0.6 is 0 Å². The van der Waals surface area contributed by atoms with Crippen molar-refractivity contribution >= 4 is 5.97 Å². The van der Waals surface area contributed by atoms with Gasteiger partial charge in [0, 0.05) is 0 Å². The number of rotatable bonds is 6. The van der Waals surface area contributed by atoms with Gasteiger partial charge in [-0.2, -0.15) is 0 Å². The number of ether oxygens (including phenoxy) is 1. The molecule has 1 aliphatic carbocycles. The van der Waals surface area contributed by atoms with Crippen molar-refractivity contribution in [1.29, 1.82) is 0 Å². The minimum Gasteiger partial charge on any atom is -0.465 e. The topological polar surface area (TPSA) is 26.3 Å². The second-order valence-corrected chi connectivity index (χ2v) is 5.30. The molecule has 1 aliphatic rings. The summed E-state index contributed by atoms with van der Waals surface area (Å²) in [6.45, 7) is 12.0. The molecule has 1 rings (SSSR count).